The summed E-state index contributed by atoms with van der Waals surface area (Å²) in [4.78, 5) is 0.917. The zero-order valence-electron chi connectivity index (χ0n) is 9.76. The molecule has 0 aliphatic carbocycles. The van der Waals surface area contributed by atoms with E-state index in [1.54, 1.807) is 0 Å². The molecule has 0 amide bonds. The lowest BCUT2D eigenvalue weighted by Crippen LogP contribution is -2.03. The van der Waals surface area contributed by atoms with Crippen molar-refractivity contribution in [1.29, 1.82) is 0 Å². The monoisotopic (exact) mass is 247 g/mol. The molecule has 2 N–H and O–H groups in total. The fraction of sp³-hybridized carbons (Fsp3) is 0.286. The first kappa shape index (κ1) is 12.3. The molecule has 2 aromatic carbocycles. The molecule has 0 aromatic heterocycles. The lowest BCUT2D eigenvalue weighted by atomic mass is 10.1. The number of hydrogen-bond donors (Lipinski definition) is 1. The predicted octanol–water partition coefficient (Wildman–Crippen LogP) is 2.69. The van der Waals surface area contributed by atoms with Crippen molar-refractivity contribution in [3.05, 3.63) is 42.5 Å². The van der Waals surface area contributed by atoms with E-state index in [2.05, 4.69) is 12.1 Å². The summed E-state index contributed by atoms with van der Waals surface area (Å²) in [6.07, 6.45) is 1.87. The van der Waals surface area contributed by atoms with Crippen LogP contribution in [0.3, 0.4) is 0 Å². The van der Waals surface area contributed by atoms with Gasteiger partial charge in [-0.1, -0.05) is 30.3 Å². The predicted molar refractivity (Wildman–Crippen MR) is 73.5 cm³/mol. The van der Waals surface area contributed by atoms with Crippen LogP contribution in [-0.4, -0.2) is 16.5 Å². The van der Waals surface area contributed by atoms with E-state index in [-0.39, 0.29) is 0 Å². The van der Waals surface area contributed by atoms with Gasteiger partial charge in [-0.15, -0.1) is 0 Å². The summed E-state index contributed by atoms with van der Waals surface area (Å²) in [7, 11) is -0.896. The molecule has 0 saturated carbocycles. The number of fused-ring (bicyclic) bond motifs is 1. The first-order valence-corrected chi connectivity index (χ1v) is 7.20. The maximum absolute atomic E-state index is 12.0. The molecule has 90 valence electrons. The van der Waals surface area contributed by atoms with Crippen LogP contribution in [-0.2, 0) is 10.8 Å². The fourth-order valence-electron chi connectivity index (χ4n) is 1.80. The molecule has 0 saturated heterocycles. The van der Waals surface area contributed by atoms with Crippen molar-refractivity contribution in [1.82, 2.24) is 0 Å². The van der Waals surface area contributed by atoms with E-state index in [0.717, 1.165) is 23.1 Å². The van der Waals surface area contributed by atoms with E-state index < -0.39 is 10.8 Å². The molecule has 3 heteroatoms. The Balaban J connectivity index is 2.15. The van der Waals surface area contributed by atoms with E-state index in [0.29, 0.717) is 12.3 Å². The van der Waals surface area contributed by atoms with Crippen molar-refractivity contribution in [2.24, 2.45) is 5.73 Å². The molecular formula is C14H17NOS. The van der Waals surface area contributed by atoms with Gasteiger partial charge in [0, 0.05) is 10.6 Å². The number of hydrogen-bond acceptors (Lipinski definition) is 2. The van der Waals surface area contributed by atoms with Crippen LogP contribution in [0.15, 0.2) is 47.4 Å². The van der Waals surface area contributed by atoms with Crippen LogP contribution in [0.25, 0.3) is 10.8 Å². The molecule has 1 unspecified atom stereocenters. The topological polar surface area (TPSA) is 43.1 Å². The van der Waals surface area contributed by atoms with Crippen molar-refractivity contribution in [2.75, 3.05) is 12.3 Å². The van der Waals surface area contributed by atoms with Crippen molar-refractivity contribution in [3.8, 4) is 0 Å². The van der Waals surface area contributed by atoms with E-state index in [1.807, 2.05) is 30.3 Å². The second-order valence-electron chi connectivity index (χ2n) is 4.05. The van der Waals surface area contributed by atoms with E-state index >= 15 is 0 Å². The normalized spacial score (nSPS) is 12.8. The number of nitrogens with two attached hydrogens (primary N) is 1. The molecular weight excluding hydrogens is 230 g/mol. The fourth-order valence-corrected chi connectivity index (χ4v) is 2.98. The van der Waals surface area contributed by atoms with Gasteiger partial charge in [0.05, 0.1) is 10.8 Å². The number of benzene rings is 2. The third-order valence-corrected chi connectivity index (χ3v) is 4.21. The molecule has 0 aliphatic rings. The molecule has 0 fully saturated rings. The second kappa shape index (κ2) is 5.94. The molecule has 2 aromatic rings. The standard InChI is InChI=1S/C14H17NOS/c15-9-3-4-10-17(16)14-8-7-12-5-1-2-6-13(12)11-14/h1-2,5-8,11H,3-4,9-10,15H2. The highest BCUT2D eigenvalue weighted by atomic mass is 32.2. The van der Waals surface area contributed by atoms with Crippen LogP contribution in [0, 0.1) is 0 Å². The molecule has 2 nitrogen and oxygen atoms in total. The highest BCUT2D eigenvalue weighted by Gasteiger charge is 2.04. The molecule has 17 heavy (non-hydrogen) atoms. The van der Waals surface area contributed by atoms with Gasteiger partial charge in [-0.05, 0) is 42.3 Å². The zero-order chi connectivity index (χ0) is 12.1. The van der Waals surface area contributed by atoms with E-state index in [9.17, 15) is 4.21 Å². The summed E-state index contributed by atoms with van der Waals surface area (Å²) >= 11 is 0. The summed E-state index contributed by atoms with van der Waals surface area (Å²) < 4.78 is 12.0. The average molecular weight is 247 g/mol. The molecule has 0 bridgehead atoms. The van der Waals surface area contributed by atoms with Crippen molar-refractivity contribution < 1.29 is 4.21 Å². The van der Waals surface area contributed by atoms with Crippen LogP contribution in [0.5, 0.6) is 0 Å². The SMILES string of the molecule is NCCCCS(=O)c1ccc2ccccc2c1. The Kier molecular flexibility index (Phi) is 4.29. The maximum atomic E-state index is 12.0. The Morgan fingerprint density at radius 1 is 1.00 bits per heavy atom. The summed E-state index contributed by atoms with van der Waals surface area (Å²) in [6, 6.07) is 14.1. The zero-order valence-corrected chi connectivity index (χ0v) is 10.6. The minimum Gasteiger partial charge on any atom is -0.330 e. The minimum absolute atomic E-state index is 0.676. The van der Waals surface area contributed by atoms with Gasteiger partial charge in [0.1, 0.15) is 0 Å². The van der Waals surface area contributed by atoms with Crippen LogP contribution in [0.2, 0.25) is 0 Å². The highest BCUT2D eigenvalue weighted by Crippen LogP contribution is 2.18. The van der Waals surface area contributed by atoms with Crippen molar-refractivity contribution >= 4 is 21.6 Å². The molecule has 1 atom stereocenters. The van der Waals surface area contributed by atoms with Crippen LogP contribution >= 0.6 is 0 Å². The van der Waals surface area contributed by atoms with E-state index in [4.69, 9.17) is 5.73 Å². The van der Waals surface area contributed by atoms with Gasteiger partial charge in [-0.3, -0.25) is 4.21 Å². The number of rotatable bonds is 5. The Bertz CT molecular complexity index is 524. The Morgan fingerprint density at radius 3 is 2.53 bits per heavy atom. The van der Waals surface area contributed by atoms with Crippen LogP contribution in [0.1, 0.15) is 12.8 Å². The Labute approximate surface area is 104 Å². The Hall–Kier alpha value is -1.19. The molecule has 0 radical (unpaired) electrons. The van der Waals surface area contributed by atoms with Crippen LogP contribution in [0.4, 0.5) is 0 Å². The third kappa shape index (κ3) is 3.14. The first-order valence-electron chi connectivity index (χ1n) is 5.88. The summed E-state index contributed by atoms with van der Waals surface area (Å²) in [5.74, 6) is 0.704. The van der Waals surface area contributed by atoms with E-state index in [1.165, 1.54) is 5.39 Å². The van der Waals surface area contributed by atoms with Gasteiger partial charge in [0.25, 0.3) is 0 Å². The molecule has 0 aliphatic heterocycles. The highest BCUT2D eigenvalue weighted by molar-refractivity contribution is 7.85. The Morgan fingerprint density at radius 2 is 1.76 bits per heavy atom. The lowest BCUT2D eigenvalue weighted by molar-refractivity contribution is 0.678. The van der Waals surface area contributed by atoms with Crippen molar-refractivity contribution in [2.45, 2.75) is 17.7 Å². The quantitative estimate of drug-likeness (QED) is 0.825. The second-order valence-corrected chi connectivity index (χ2v) is 5.63. The lowest BCUT2D eigenvalue weighted by Gasteiger charge is -2.04. The maximum Gasteiger partial charge on any atom is 0.0529 e. The van der Waals surface area contributed by atoms with Gasteiger partial charge in [0.2, 0.25) is 0 Å². The largest absolute Gasteiger partial charge is 0.330 e. The summed E-state index contributed by atoms with van der Waals surface area (Å²) in [5, 5.41) is 2.34. The molecule has 0 heterocycles. The summed E-state index contributed by atoms with van der Waals surface area (Å²) in [5.41, 5.74) is 5.43. The first-order chi connectivity index (χ1) is 8.31. The van der Waals surface area contributed by atoms with Gasteiger partial charge in [-0.25, -0.2) is 0 Å². The van der Waals surface area contributed by atoms with Gasteiger partial charge < -0.3 is 5.73 Å². The van der Waals surface area contributed by atoms with Crippen molar-refractivity contribution in [3.63, 3.8) is 0 Å². The molecule has 0 spiro atoms. The van der Waals surface area contributed by atoms with Crippen LogP contribution < -0.4 is 5.73 Å². The smallest absolute Gasteiger partial charge is 0.0529 e. The third-order valence-electron chi connectivity index (χ3n) is 2.77. The number of unbranched alkanes of at least 4 members (excludes halogenated alkanes) is 1. The summed E-state index contributed by atoms with van der Waals surface area (Å²) in [6.45, 7) is 0.676. The van der Waals surface area contributed by atoms with Gasteiger partial charge in [-0.2, -0.15) is 0 Å². The van der Waals surface area contributed by atoms with Gasteiger partial charge >= 0.3 is 0 Å². The minimum atomic E-state index is -0.896. The molecule has 2 rings (SSSR count). The average Bonchev–Trinajstić information content (AvgIpc) is 2.38. The van der Waals surface area contributed by atoms with Gasteiger partial charge in [0.15, 0.2) is 0 Å².